The third-order valence-electron chi connectivity index (χ3n) is 5.94. The Morgan fingerprint density at radius 3 is 2.66 bits per heavy atom. The predicted molar refractivity (Wildman–Crippen MR) is 133 cm³/mol. The molecule has 176 valence electrons. The summed E-state index contributed by atoms with van der Waals surface area (Å²) in [4.78, 5) is 17.4. The molecular weight excluding hydrogens is 486 g/mol. The molecule has 3 aromatic carbocycles. The summed E-state index contributed by atoms with van der Waals surface area (Å²) < 4.78 is 38.5. The summed E-state index contributed by atoms with van der Waals surface area (Å²) in [6, 6.07) is 19.0. The molecule has 0 bridgehead atoms. The second-order valence-corrected chi connectivity index (χ2v) is 10.8. The molecule has 10 heteroatoms. The summed E-state index contributed by atoms with van der Waals surface area (Å²) in [6.07, 6.45) is 0.679. The third-order valence-corrected chi connectivity index (χ3v) is 8.53. The van der Waals surface area contributed by atoms with Crippen LogP contribution in [0.1, 0.15) is 15.9 Å². The number of hydrogen-bond donors (Lipinski definition) is 1. The number of aromatic nitrogens is 1. The van der Waals surface area contributed by atoms with Crippen molar-refractivity contribution in [3.63, 3.8) is 0 Å². The van der Waals surface area contributed by atoms with Crippen molar-refractivity contribution >= 4 is 38.1 Å². The standard InChI is InChI=1S/C25H19N3O5S2/c29-24(27-25-26-20(14-34-25)18-7-10-22-23(13-18)33-15-32-22)17-5-8-19(9-6-17)35(30,31)28-12-11-16-3-1-2-4-21(16)28/h1-10,13-14H,11-12,15H2,(H,26,27,29). The fourth-order valence-corrected chi connectivity index (χ4v) is 6.37. The normalized spacial score (nSPS) is 14.1. The molecule has 4 aromatic rings. The van der Waals surface area contributed by atoms with Crippen LogP contribution in [0.3, 0.4) is 0 Å². The smallest absolute Gasteiger partial charge is 0.264 e. The number of nitrogens with one attached hydrogen (secondary N) is 1. The van der Waals surface area contributed by atoms with E-state index in [1.807, 2.05) is 47.8 Å². The number of nitrogens with zero attached hydrogens (tertiary/aromatic N) is 2. The maximum atomic E-state index is 13.2. The molecule has 0 saturated heterocycles. The van der Waals surface area contributed by atoms with Gasteiger partial charge in [-0.15, -0.1) is 11.3 Å². The molecule has 0 fully saturated rings. The van der Waals surface area contributed by atoms with E-state index in [0.717, 1.165) is 11.1 Å². The van der Waals surface area contributed by atoms with Gasteiger partial charge in [0.25, 0.3) is 15.9 Å². The maximum absolute atomic E-state index is 13.2. The van der Waals surface area contributed by atoms with Crippen LogP contribution in [-0.2, 0) is 16.4 Å². The molecule has 6 rings (SSSR count). The van der Waals surface area contributed by atoms with Gasteiger partial charge in [-0.25, -0.2) is 13.4 Å². The number of ether oxygens (including phenoxy) is 2. The van der Waals surface area contributed by atoms with Gasteiger partial charge in [0.2, 0.25) is 6.79 Å². The summed E-state index contributed by atoms with van der Waals surface area (Å²) >= 11 is 1.30. The van der Waals surface area contributed by atoms with Gasteiger partial charge in [-0.2, -0.15) is 0 Å². The molecule has 0 spiro atoms. The zero-order chi connectivity index (χ0) is 24.0. The fraction of sp³-hybridized carbons (Fsp3) is 0.120. The lowest BCUT2D eigenvalue weighted by molar-refractivity contribution is 0.102. The average Bonchev–Trinajstić information content (AvgIpc) is 3.63. The second kappa shape index (κ2) is 8.40. The number of para-hydroxylation sites is 1. The highest BCUT2D eigenvalue weighted by Gasteiger charge is 2.30. The number of anilines is 2. The highest BCUT2D eigenvalue weighted by Crippen LogP contribution is 2.37. The van der Waals surface area contributed by atoms with Gasteiger partial charge in [-0.1, -0.05) is 18.2 Å². The Morgan fingerprint density at radius 2 is 1.80 bits per heavy atom. The Labute approximate surface area is 205 Å². The van der Waals surface area contributed by atoms with Gasteiger partial charge in [0.1, 0.15) is 0 Å². The van der Waals surface area contributed by atoms with E-state index >= 15 is 0 Å². The highest BCUT2D eigenvalue weighted by atomic mass is 32.2. The van der Waals surface area contributed by atoms with Crippen molar-refractivity contribution in [1.82, 2.24) is 4.98 Å². The topological polar surface area (TPSA) is 97.8 Å². The molecular formula is C25H19N3O5S2. The third kappa shape index (κ3) is 3.90. The molecule has 0 unspecified atom stereocenters. The molecule has 2 aliphatic rings. The second-order valence-electron chi connectivity index (χ2n) is 8.04. The number of carbonyl (C=O) groups excluding carboxylic acids is 1. The van der Waals surface area contributed by atoms with E-state index in [9.17, 15) is 13.2 Å². The van der Waals surface area contributed by atoms with Gasteiger partial charge in [-0.3, -0.25) is 14.4 Å². The van der Waals surface area contributed by atoms with Gasteiger partial charge >= 0.3 is 0 Å². The number of fused-ring (bicyclic) bond motifs is 2. The van der Waals surface area contributed by atoms with Crippen molar-refractivity contribution in [3.8, 4) is 22.8 Å². The molecule has 0 radical (unpaired) electrons. The van der Waals surface area contributed by atoms with Crippen LogP contribution in [0.5, 0.6) is 11.5 Å². The van der Waals surface area contributed by atoms with E-state index in [4.69, 9.17) is 9.47 Å². The Morgan fingerprint density at radius 1 is 1.00 bits per heavy atom. The number of rotatable bonds is 5. The van der Waals surface area contributed by atoms with Crippen molar-refractivity contribution in [2.45, 2.75) is 11.3 Å². The van der Waals surface area contributed by atoms with Gasteiger partial charge in [-0.05, 0) is 60.5 Å². The van der Waals surface area contributed by atoms with Crippen molar-refractivity contribution in [3.05, 3.63) is 83.2 Å². The molecule has 35 heavy (non-hydrogen) atoms. The van der Waals surface area contributed by atoms with Crippen molar-refractivity contribution in [2.24, 2.45) is 0 Å². The Balaban J connectivity index is 1.17. The number of amides is 1. The molecule has 0 atom stereocenters. The molecule has 1 aromatic heterocycles. The first-order chi connectivity index (χ1) is 17.0. The van der Waals surface area contributed by atoms with E-state index in [0.29, 0.717) is 46.5 Å². The minimum atomic E-state index is -3.71. The first-order valence-corrected chi connectivity index (χ1v) is 13.2. The number of carbonyl (C=O) groups is 1. The first-order valence-electron chi connectivity index (χ1n) is 10.9. The molecule has 1 amide bonds. The van der Waals surface area contributed by atoms with E-state index in [2.05, 4.69) is 10.3 Å². The van der Waals surface area contributed by atoms with Gasteiger partial charge in [0.05, 0.1) is 16.3 Å². The summed E-state index contributed by atoms with van der Waals surface area (Å²) in [5, 5.41) is 5.06. The Bertz CT molecular complexity index is 1550. The SMILES string of the molecule is O=C(Nc1nc(-c2ccc3c(c2)OCO3)cs1)c1ccc(S(=O)(=O)N2CCc3ccccc32)cc1. The largest absolute Gasteiger partial charge is 0.454 e. The number of sulfonamides is 1. The zero-order valence-electron chi connectivity index (χ0n) is 18.3. The molecule has 1 N–H and O–H groups in total. The van der Waals surface area contributed by atoms with Gasteiger partial charge in [0.15, 0.2) is 16.6 Å². The predicted octanol–water partition coefficient (Wildman–Crippen LogP) is 4.54. The van der Waals surface area contributed by atoms with E-state index in [-0.39, 0.29) is 17.6 Å². The molecule has 0 saturated carbocycles. The summed E-state index contributed by atoms with van der Waals surface area (Å²) in [6.45, 7) is 0.599. The van der Waals surface area contributed by atoms with Crippen LogP contribution in [0, 0.1) is 0 Å². The van der Waals surface area contributed by atoms with Gasteiger partial charge in [0, 0.05) is 23.1 Å². The minimum absolute atomic E-state index is 0.144. The molecule has 0 aliphatic carbocycles. The van der Waals surface area contributed by atoms with E-state index < -0.39 is 10.0 Å². The van der Waals surface area contributed by atoms with Crippen molar-refractivity contribution in [2.75, 3.05) is 23.0 Å². The van der Waals surface area contributed by atoms with Crippen LogP contribution >= 0.6 is 11.3 Å². The minimum Gasteiger partial charge on any atom is -0.454 e. The first kappa shape index (κ1) is 21.6. The lowest BCUT2D eigenvalue weighted by Gasteiger charge is -2.19. The molecule has 8 nitrogen and oxygen atoms in total. The van der Waals surface area contributed by atoms with Crippen LogP contribution < -0.4 is 19.1 Å². The summed E-state index contributed by atoms with van der Waals surface area (Å²) in [7, 11) is -3.71. The molecule has 3 heterocycles. The van der Waals surface area contributed by atoms with E-state index in [1.54, 1.807) is 0 Å². The molecule has 2 aliphatic heterocycles. The van der Waals surface area contributed by atoms with Crippen LogP contribution in [0.25, 0.3) is 11.3 Å². The van der Waals surface area contributed by atoms with Crippen LogP contribution in [0.15, 0.2) is 77.0 Å². The number of hydrogen-bond acceptors (Lipinski definition) is 7. The number of thiazole rings is 1. The Hall–Kier alpha value is -3.89. The van der Waals surface area contributed by atoms with Gasteiger partial charge < -0.3 is 9.47 Å². The monoisotopic (exact) mass is 505 g/mol. The summed E-state index contributed by atoms with van der Waals surface area (Å²) in [5.41, 5.74) is 3.61. The average molecular weight is 506 g/mol. The van der Waals surface area contributed by atoms with Crippen molar-refractivity contribution in [1.29, 1.82) is 0 Å². The summed E-state index contributed by atoms with van der Waals surface area (Å²) in [5.74, 6) is 0.984. The van der Waals surface area contributed by atoms with Crippen LogP contribution in [-0.4, -0.2) is 32.6 Å². The van der Waals surface area contributed by atoms with E-state index in [1.165, 1.54) is 39.9 Å². The maximum Gasteiger partial charge on any atom is 0.264 e. The highest BCUT2D eigenvalue weighted by molar-refractivity contribution is 7.92. The van der Waals surface area contributed by atoms with Crippen LogP contribution in [0.2, 0.25) is 0 Å². The quantitative estimate of drug-likeness (QED) is 0.428. The lowest BCUT2D eigenvalue weighted by Crippen LogP contribution is -2.29. The fourth-order valence-electron chi connectivity index (χ4n) is 4.15. The van der Waals surface area contributed by atoms with Crippen LogP contribution in [0.4, 0.5) is 10.8 Å². The lowest BCUT2D eigenvalue weighted by atomic mass is 10.1. The Kier molecular flexibility index (Phi) is 5.19. The zero-order valence-corrected chi connectivity index (χ0v) is 19.9. The number of benzene rings is 3. The van der Waals surface area contributed by atoms with Crippen molar-refractivity contribution < 1.29 is 22.7 Å².